The second-order valence-corrected chi connectivity index (χ2v) is 4.63. The van der Waals surface area contributed by atoms with E-state index in [4.69, 9.17) is 9.47 Å². The Balaban J connectivity index is 2.41. The van der Waals surface area contributed by atoms with Crippen LogP contribution in [0, 0.1) is 5.92 Å². The highest BCUT2D eigenvalue weighted by Crippen LogP contribution is 2.26. The van der Waals surface area contributed by atoms with E-state index in [1.165, 1.54) is 0 Å². The fourth-order valence-corrected chi connectivity index (χ4v) is 1.55. The molecule has 3 nitrogen and oxygen atoms in total. The molecule has 0 amide bonds. The summed E-state index contributed by atoms with van der Waals surface area (Å²) in [6, 6.07) is 7.72. The van der Waals surface area contributed by atoms with E-state index in [1.54, 1.807) is 7.11 Å². The largest absolute Gasteiger partial charge is 0.493 e. The van der Waals surface area contributed by atoms with Crippen molar-refractivity contribution < 1.29 is 9.47 Å². The first kappa shape index (κ1) is 13.8. The van der Waals surface area contributed by atoms with E-state index in [2.05, 4.69) is 26.1 Å². The Bertz CT molecular complexity index is 326. The lowest BCUT2D eigenvalue weighted by Crippen LogP contribution is -2.31. The minimum atomic E-state index is 0.130. The van der Waals surface area contributed by atoms with Crippen LogP contribution >= 0.6 is 0 Å². The topological polar surface area (TPSA) is 30.5 Å². The normalized spacial score (nSPS) is 12.5. The van der Waals surface area contributed by atoms with Crippen molar-refractivity contribution in [3.05, 3.63) is 24.3 Å². The molecule has 0 bridgehead atoms. The van der Waals surface area contributed by atoms with Crippen LogP contribution in [-0.4, -0.2) is 26.3 Å². The van der Waals surface area contributed by atoms with Gasteiger partial charge in [-0.15, -0.1) is 0 Å². The number of hydrogen-bond donors (Lipinski definition) is 1. The molecule has 1 atom stereocenters. The zero-order valence-electron chi connectivity index (χ0n) is 11.2. The molecule has 1 unspecified atom stereocenters. The number of rotatable bonds is 7. The first-order valence-electron chi connectivity index (χ1n) is 6.14. The smallest absolute Gasteiger partial charge is 0.161 e. The molecule has 1 aromatic rings. The highest BCUT2D eigenvalue weighted by atomic mass is 16.5. The third kappa shape index (κ3) is 5.09. The highest BCUT2D eigenvalue weighted by Gasteiger charge is 2.08. The van der Waals surface area contributed by atoms with Crippen molar-refractivity contribution in [2.45, 2.75) is 26.9 Å². The Hall–Kier alpha value is -1.22. The fourth-order valence-electron chi connectivity index (χ4n) is 1.55. The zero-order valence-corrected chi connectivity index (χ0v) is 11.2. The molecule has 0 radical (unpaired) electrons. The second kappa shape index (κ2) is 7.17. The van der Waals surface area contributed by atoms with Crippen molar-refractivity contribution in [1.29, 1.82) is 0 Å². The van der Waals surface area contributed by atoms with Crippen LogP contribution in [-0.2, 0) is 0 Å². The van der Waals surface area contributed by atoms with E-state index >= 15 is 0 Å². The van der Waals surface area contributed by atoms with Crippen LogP contribution in [0.5, 0.6) is 11.5 Å². The van der Waals surface area contributed by atoms with Gasteiger partial charge in [0, 0.05) is 6.54 Å². The number of para-hydroxylation sites is 2. The van der Waals surface area contributed by atoms with Gasteiger partial charge in [-0.2, -0.15) is 0 Å². The minimum absolute atomic E-state index is 0.130. The van der Waals surface area contributed by atoms with E-state index < -0.39 is 0 Å². The van der Waals surface area contributed by atoms with E-state index in [0.717, 1.165) is 24.6 Å². The van der Waals surface area contributed by atoms with Crippen molar-refractivity contribution in [3.8, 4) is 11.5 Å². The van der Waals surface area contributed by atoms with Crippen LogP contribution in [0.2, 0.25) is 0 Å². The average molecular weight is 237 g/mol. The van der Waals surface area contributed by atoms with Gasteiger partial charge < -0.3 is 14.8 Å². The molecule has 0 spiro atoms. The van der Waals surface area contributed by atoms with E-state index in [-0.39, 0.29) is 6.10 Å². The molecule has 1 aromatic carbocycles. The summed E-state index contributed by atoms with van der Waals surface area (Å²) in [6.45, 7) is 8.30. The van der Waals surface area contributed by atoms with Crippen LogP contribution in [0.1, 0.15) is 20.8 Å². The summed E-state index contributed by atoms with van der Waals surface area (Å²) in [5.74, 6) is 2.24. The minimum Gasteiger partial charge on any atom is -0.493 e. The number of hydrogen-bond acceptors (Lipinski definition) is 3. The predicted molar refractivity (Wildman–Crippen MR) is 70.8 cm³/mol. The van der Waals surface area contributed by atoms with Gasteiger partial charge in [-0.1, -0.05) is 26.0 Å². The number of methoxy groups -OCH3 is 1. The SMILES string of the molecule is COc1ccccc1OC(C)CNCC(C)C. The monoisotopic (exact) mass is 237 g/mol. The molecule has 1 rings (SSSR count). The molecule has 96 valence electrons. The highest BCUT2D eigenvalue weighted by molar-refractivity contribution is 5.39. The van der Waals surface area contributed by atoms with Gasteiger partial charge in [0.05, 0.1) is 7.11 Å². The lowest BCUT2D eigenvalue weighted by Gasteiger charge is -2.17. The maximum atomic E-state index is 5.83. The number of ether oxygens (including phenoxy) is 2. The molecule has 17 heavy (non-hydrogen) atoms. The summed E-state index contributed by atoms with van der Waals surface area (Å²) < 4.78 is 11.1. The first-order chi connectivity index (χ1) is 8.13. The summed E-state index contributed by atoms with van der Waals surface area (Å²) in [4.78, 5) is 0. The summed E-state index contributed by atoms with van der Waals surface area (Å²) in [5, 5.41) is 3.38. The van der Waals surface area contributed by atoms with Gasteiger partial charge >= 0.3 is 0 Å². The van der Waals surface area contributed by atoms with Crippen molar-refractivity contribution in [1.82, 2.24) is 5.32 Å². The lowest BCUT2D eigenvalue weighted by atomic mass is 10.2. The van der Waals surface area contributed by atoms with Gasteiger partial charge in [0.1, 0.15) is 6.10 Å². The standard InChI is InChI=1S/C14H23NO2/c1-11(2)9-15-10-12(3)17-14-8-6-5-7-13(14)16-4/h5-8,11-12,15H,9-10H2,1-4H3. The summed E-state index contributed by atoms with van der Waals surface area (Å²) >= 11 is 0. The predicted octanol–water partition coefficient (Wildman–Crippen LogP) is 2.71. The summed E-state index contributed by atoms with van der Waals surface area (Å²) in [6.07, 6.45) is 0.130. The Morgan fingerprint density at radius 2 is 1.71 bits per heavy atom. The van der Waals surface area contributed by atoms with E-state index in [0.29, 0.717) is 5.92 Å². The molecule has 0 aromatic heterocycles. The van der Waals surface area contributed by atoms with Gasteiger partial charge in [0.25, 0.3) is 0 Å². The molecule has 3 heteroatoms. The first-order valence-corrected chi connectivity index (χ1v) is 6.14. The van der Waals surface area contributed by atoms with Crippen LogP contribution in [0.3, 0.4) is 0 Å². The molecule has 0 saturated carbocycles. The molecule has 0 saturated heterocycles. The molecule has 0 fully saturated rings. The maximum absolute atomic E-state index is 5.83. The van der Waals surface area contributed by atoms with Crippen molar-refractivity contribution in [2.24, 2.45) is 5.92 Å². The average Bonchev–Trinajstić information content (AvgIpc) is 2.29. The van der Waals surface area contributed by atoms with Gasteiger partial charge in [0.15, 0.2) is 11.5 Å². The molecule has 1 N–H and O–H groups in total. The zero-order chi connectivity index (χ0) is 12.7. The molecule has 0 aliphatic rings. The second-order valence-electron chi connectivity index (χ2n) is 4.63. The quantitative estimate of drug-likeness (QED) is 0.791. The Morgan fingerprint density at radius 1 is 1.06 bits per heavy atom. The van der Waals surface area contributed by atoms with E-state index in [1.807, 2.05) is 24.3 Å². The van der Waals surface area contributed by atoms with Crippen LogP contribution < -0.4 is 14.8 Å². The third-order valence-corrected chi connectivity index (χ3v) is 2.38. The Kier molecular flexibility index (Phi) is 5.84. The van der Waals surface area contributed by atoms with E-state index in [9.17, 15) is 0 Å². The Labute approximate surface area is 104 Å². The summed E-state index contributed by atoms with van der Waals surface area (Å²) in [5.41, 5.74) is 0. The van der Waals surface area contributed by atoms with Gasteiger partial charge in [-0.3, -0.25) is 0 Å². The van der Waals surface area contributed by atoms with Crippen molar-refractivity contribution in [2.75, 3.05) is 20.2 Å². The summed E-state index contributed by atoms with van der Waals surface area (Å²) in [7, 11) is 1.66. The fraction of sp³-hybridized carbons (Fsp3) is 0.571. The Morgan fingerprint density at radius 3 is 2.29 bits per heavy atom. The molecular weight excluding hydrogens is 214 g/mol. The van der Waals surface area contributed by atoms with Gasteiger partial charge in [0.2, 0.25) is 0 Å². The van der Waals surface area contributed by atoms with Crippen LogP contribution in [0.25, 0.3) is 0 Å². The van der Waals surface area contributed by atoms with Crippen molar-refractivity contribution >= 4 is 0 Å². The lowest BCUT2D eigenvalue weighted by molar-refractivity contribution is 0.206. The molecule has 0 aliphatic carbocycles. The van der Waals surface area contributed by atoms with Gasteiger partial charge in [-0.05, 0) is 31.5 Å². The molecular formula is C14H23NO2. The maximum Gasteiger partial charge on any atom is 0.161 e. The molecule has 0 heterocycles. The van der Waals surface area contributed by atoms with Crippen molar-refractivity contribution in [3.63, 3.8) is 0 Å². The molecule has 0 aliphatic heterocycles. The number of nitrogens with one attached hydrogen (secondary N) is 1. The third-order valence-electron chi connectivity index (χ3n) is 2.38. The van der Waals surface area contributed by atoms with Crippen LogP contribution in [0.4, 0.5) is 0 Å². The van der Waals surface area contributed by atoms with Gasteiger partial charge in [-0.25, -0.2) is 0 Å². The number of benzene rings is 1. The van der Waals surface area contributed by atoms with Crippen LogP contribution in [0.15, 0.2) is 24.3 Å².